The second-order valence-corrected chi connectivity index (χ2v) is 5.45. The van der Waals surface area contributed by atoms with Gasteiger partial charge < -0.3 is 5.32 Å². The first-order valence-corrected chi connectivity index (χ1v) is 4.98. The molecule has 2 aliphatic rings. The molecule has 2 saturated heterocycles. The molecule has 0 unspecified atom stereocenters. The number of nitrogens with one attached hydrogen (secondary N) is 1. The summed E-state index contributed by atoms with van der Waals surface area (Å²) in [7, 11) is 0. The lowest BCUT2D eigenvalue weighted by atomic mass is 9.81. The van der Waals surface area contributed by atoms with Crippen LogP contribution in [0.15, 0.2) is 0 Å². The molecule has 2 heterocycles. The summed E-state index contributed by atoms with van der Waals surface area (Å²) in [5.74, 6) is 0. The maximum absolute atomic E-state index is 3.39. The highest BCUT2D eigenvalue weighted by atomic mass is 15.2. The smallest absolute Gasteiger partial charge is 0.0125 e. The van der Waals surface area contributed by atoms with Crippen molar-refractivity contribution in [3.63, 3.8) is 0 Å². The summed E-state index contributed by atoms with van der Waals surface area (Å²) < 4.78 is 0. The fourth-order valence-electron chi connectivity index (χ4n) is 2.27. The van der Waals surface area contributed by atoms with Crippen molar-refractivity contribution in [2.24, 2.45) is 5.41 Å². The van der Waals surface area contributed by atoms with E-state index in [1.54, 1.807) is 0 Å². The Bertz CT molecular complexity index is 177. The molecule has 2 rings (SSSR count). The first-order chi connectivity index (χ1) is 5.52. The average Bonchev–Trinajstić information content (AvgIpc) is 2.26. The Kier molecular flexibility index (Phi) is 1.74. The fourth-order valence-corrected chi connectivity index (χ4v) is 2.27. The summed E-state index contributed by atoms with van der Waals surface area (Å²) in [4.78, 5) is 2.62. The number of hydrogen-bond donors (Lipinski definition) is 1. The summed E-state index contributed by atoms with van der Waals surface area (Å²) in [6.45, 7) is 12.1. The lowest BCUT2D eigenvalue weighted by Gasteiger charge is -2.41. The van der Waals surface area contributed by atoms with Gasteiger partial charge in [0.1, 0.15) is 0 Å². The standard InChI is InChI=1S/C10H20N2/c1-9(2,3)12-5-4-10(8-12)6-11-7-10/h11H,4-8H2,1-3H3. The molecule has 0 aromatic carbocycles. The lowest BCUT2D eigenvalue weighted by molar-refractivity contribution is 0.119. The van der Waals surface area contributed by atoms with Crippen LogP contribution in [0.2, 0.25) is 0 Å². The largest absolute Gasteiger partial charge is 0.315 e. The van der Waals surface area contributed by atoms with Crippen molar-refractivity contribution in [2.45, 2.75) is 32.7 Å². The number of hydrogen-bond acceptors (Lipinski definition) is 2. The lowest BCUT2D eigenvalue weighted by Crippen LogP contribution is -2.55. The molecule has 0 bridgehead atoms. The third-order valence-corrected chi connectivity index (χ3v) is 3.39. The Hall–Kier alpha value is -0.0800. The predicted octanol–water partition coefficient (Wildman–Crippen LogP) is 1.08. The molecule has 2 aliphatic heterocycles. The van der Waals surface area contributed by atoms with Gasteiger partial charge in [-0.05, 0) is 33.7 Å². The topological polar surface area (TPSA) is 15.3 Å². The highest BCUT2D eigenvalue weighted by Gasteiger charge is 2.45. The molecule has 2 fully saturated rings. The summed E-state index contributed by atoms with van der Waals surface area (Å²) in [6, 6.07) is 0. The van der Waals surface area contributed by atoms with Gasteiger partial charge >= 0.3 is 0 Å². The van der Waals surface area contributed by atoms with Gasteiger partial charge in [-0.2, -0.15) is 0 Å². The van der Waals surface area contributed by atoms with Gasteiger partial charge in [0.25, 0.3) is 0 Å². The van der Waals surface area contributed by atoms with E-state index in [0.717, 1.165) is 0 Å². The van der Waals surface area contributed by atoms with E-state index in [0.29, 0.717) is 11.0 Å². The van der Waals surface area contributed by atoms with Crippen LogP contribution in [0.3, 0.4) is 0 Å². The van der Waals surface area contributed by atoms with Crippen LogP contribution in [-0.2, 0) is 0 Å². The van der Waals surface area contributed by atoms with Crippen LogP contribution < -0.4 is 5.32 Å². The van der Waals surface area contributed by atoms with Crippen LogP contribution in [-0.4, -0.2) is 36.6 Å². The molecule has 1 N–H and O–H groups in total. The molecule has 0 saturated carbocycles. The predicted molar refractivity (Wildman–Crippen MR) is 51.2 cm³/mol. The second-order valence-electron chi connectivity index (χ2n) is 5.45. The van der Waals surface area contributed by atoms with E-state index in [2.05, 4.69) is 31.0 Å². The molecule has 70 valence electrons. The van der Waals surface area contributed by atoms with Crippen LogP contribution in [0.4, 0.5) is 0 Å². The first kappa shape index (κ1) is 8.52. The molecule has 0 aromatic rings. The van der Waals surface area contributed by atoms with Crippen LogP contribution >= 0.6 is 0 Å². The van der Waals surface area contributed by atoms with Gasteiger partial charge in [-0.15, -0.1) is 0 Å². The summed E-state index contributed by atoms with van der Waals surface area (Å²) in [5, 5.41) is 3.39. The minimum atomic E-state index is 0.374. The highest BCUT2D eigenvalue weighted by Crippen LogP contribution is 2.36. The molecule has 2 heteroatoms. The van der Waals surface area contributed by atoms with E-state index >= 15 is 0 Å². The van der Waals surface area contributed by atoms with Crippen LogP contribution in [0.5, 0.6) is 0 Å². The summed E-state index contributed by atoms with van der Waals surface area (Å²) in [5.41, 5.74) is 1.03. The molecule has 1 spiro atoms. The Morgan fingerprint density at radius 2 is 1.92 bits per heavy atom. The maximum Gasteiger partial charge on any atom is 0.0125 e. The van der Waals surface area contributed by atoms with Gasteiger partial charge in [-0.25, -0.2) is 0 Å². The molecule has 0 aromatic heterocycles. The second kappa shape index (κ2) is 2.46. The van der Waals surface area contributed by atoms with Crippen LogP contribution in [0, 0.1) is 5.41 Å². The maximum atomic E-state index is 3.39. The van der Waals surface area contributed by atoms with Crippen molar-refractivity contribution in [3.8, 4) is 0 Å². The molecule has 0 radical (unpaired) electrons. The van der Waals surface area contributed by atoms with Gasteiger partial charge in [0.15, 0.2) is 0 Å². The Balaban J connectivity index is 1.98. The Morgan fingerprint density at radius 1 is 1.25 bits per heavy atom. The molecule has 0 atom stereocenters. The zero-order valence-corrected chi connectivity index (χ0v) is 8.48. The van der Waals surface area contributed by atoms with E-state index in [1.165, 1.54) is 32.6 Å². The van der Waals surface area contributed by atoms with Gasteiger partial charge in [0, 0.05) is 30.6 Å². The molecular formula is C10H20N2. The highest BCUT2D eigenvalue weighted by molar-refractivity contribution is 5.01. The molecule has 2 nitrogen and oxygen atoms in total. The molecule has 12 heavy (non-hydrogen) atoms. The Morgan fingerprint density at radius 3 is 2.17 bits per heavy atom. The van der Waals surface area contributed by atoms with E-state index in [9.17, 15) is 0 Å². The van der Waals surface area contributed by atoms with E-state index in [4.69, 9.17) is 0 Å². The molecule has 0 amide bonds. The van der Waals surface area contributed by atoms with Crippen molar-refractivity contribution in [1.29, 1.82) is 0 Å². The van der Waals surface area contributed by atoms with E-state index < -0.39 is 0 Å². The van der Waals surface area contributed by atoms with Gasteiger partial charge in [0.05, 0.1) is 0 Å². The zero-order valence-electron chi connectivity index (χ0n) is 8.48. The van der Waals surface area contributed by atoms with Crippen LogP contribution in [0.1, 0.15) is 27.2 Å². The van der Waals surface area contributed by atoms with Gasteiger partial charge in [-0.3, -0.25) is 4.90 Å². The minimum absolute atomic E-state index is 0.374. The Labute approximate surface area is 75.3 Å². The molecule has 0 aliphatic carbocycles. The minimum Gasteiger partial charge on any atom is -0.315 e. The van der Waals surface area contributed by atoms with E-state index in [-0.39, 0.29) is 0 Å². The van der Waals surface area contributed by atoms with Crippen molar-refractivity contribution < 1.29 is 0 Å². The van der Waals surface area contributed by atoms with Crippen molar-refractivity contribution in [1.82, 2.24) is 10.2 Å². The SMILES string of the molecule is CC(C)(C)N1CCC2(CNC2)C1. The average molecular weight is 168 g/mol. The summed E-state index contributed by atoms with van der Waals surface area (Å²) in [6.07, 6.45) is 1.40. The van der Waals surface area contributed by atoms with Gasteiger partial charge in [0.2, 0.25) is 0 Å². The van der Waals surface area contributed by atoms with Crippen LogP contribution in [0.25, 0.3) is 0 Å². The van der Waals surface area contributed by atoms with Gasteiger partial charge in [-0.1, -0.05) is 0 Å². The third kappa shape index (κ3) is 1.27. The first-order valence-electron chi connectivity index (χ1n) is 4.98. The normalized spacial score (nSPS) is 29.2. The number of rotatable bonds is 0. The fraction of sp³-hybridized carbons (Fsp3) is 1.00. The molecular weight excluding hydrogens is 148 g/mol. The monoisotopic (exact) mass is 168 g/mol. The van der Waals surface area contributed by atoms with Crippen molar-refractivity contribution in [3.05, 3.63) is 0 Å². The quantitative estimate of drug-likeness (QED) is 0.582. The number of likely N-dealkylation sites (tertiary alicyclic amines) is 1. The van der Waals surface area contributed by atoms with E-state index in [1.807, 2.05) is 0 Å². The van der Waals surface area contributed by atoms with Crippen molar-refractivity contribution in [2.75, 3.05) is 26.2 Å². The van der Waals surface area contributed by atoms with Crippen molar-refractivity contribution >= 4 is 0 Å². The zero-order chi connectivity index (χ0) is 8.82. The third-order valence-electron chi connectivity index (χ3n) is 3.39. The summed E-state index contributed by atoms with van der Waals surface area (Å²) >= 11 is 0. The number of nitrogens with zero attached hydrogens (tertiary/aromatic N) is 1.